The molecule has 0 bridgehead atoms. The molecule has 0 radical (unpaired) electrons. The first kappa shape index (κ1) is 17.7. The number of nitrogens with one attached hydrogen (secondary N) is 2. The fourth-order valence-corrected chi connectivity index (χ4v) is 4.26. The van der Waals surface area contributed by atoms with Gasteiger partial charge in [0.1, 0.15) is 0 Å². The minimum Gasteiger partial charge on any atom is -0.341 e. The van der Waals surface area contributed by atoms with Gasteiger partial charge >= 0.3 is 11.8 Å². The van der Waals surface area contributed by atoms with Crippen molar-refractivity contribution in [1.29, 1.82) is 0 Å². The van der Waals surface area contributed by atoms with Crippen molar-refractivity contribution in [1.82, 2.24) is 15.5 Å². The maximum atomic E-state index is 12.6. The summed E-state index contributed by atoms with van der Waals surface area (Å²) >= 11 is 0. The van der Waals surface area contributed by atoms with Crippen molar-refractivity contribution >= 4 is 11.8 Å². The molecule has 2 fully saturated rings. The lowest BCUT2D eigenvalue weighted by Crippen LogP contribution is -2.69. The maximum Gasteiger partial charge on any atom is 0.312 e. The highest BCUT2D eigenvalue weighted by molar-refractivity contribution is 6.35. The van der Waals surface area contributed by atoms with E-state index in [1.165, 1.54) is 5.56 Å². The molecule has 4 rings (SSSR count). The standard InChI is InChI=1S/C22H25N3O2/c26-21-22(27)25(15-17-10-5-2-6-11-17)19-13-7-12-18(20(19)24-21)23-14-16-8-3-1-4-9-16/h1-6,8-11,18-20,23H,7,12-15H2,(H,24,26)/t18-,19+,20+/m1/s1. The fourth-order valence-electron chi connectivity index (χ4n) is 4.26. The molecule has 1 heterocycles. The highest BCUT2D eigenvalue weighted by atomic mass is 16.2. The van der Waals surface area contributed by atoms with Crippen LogP contribution in [-0.4, -0.2) is 34.8 Å². The molecule has 2 amide bonds. The Kier molecular flexibility index (Phi) is 5.21. The van der Waals surface area contributed by atoms with Gasteiger partial charge < -0.3 is 15.5 Å². The average molecular weight is 363 g/mol. The number of nitrogens with zero attached hydrogens (tertiary/aromatic N) is 1. The number of hydrogen-bond acceptors (Lipinski definition) is 3. The van der Waals surface area contributed by atoms with Crippen LogP contribution >= 0.6 is 0 Å². The van der Waals surface area contributed by atoms with Gasteiger partial charge in [0.05, 0.1) is 12.1 Å². The summed E-state index contributed by atoms with van der Waals surface area (Å²) in [5.74, 6) is -0.899. The van der Waals surface area contributed by atoms with Crippen molar-refractivity contribution in [2.24, 2.45) is 0 Å². The van der Waals surface area contributed by atoms with Gasteiger partial charge in [0.2, 0.25) is 0 Å². The summed E-state index contributed by atoms with van der Waals surface area (Å²) in [5.41, 5.74) is 2.28. The molecule has 1 saturated heterocycles. The van der Waals surface area contributed by atoms with Gasteiger partial charge in [0.15, 0.2) is 0 Å². The highest BCUT2D eigenvalue weighted by Crippen LogP contribution is 2.28. The number of carbonyl (C=O) groups excluding carboxylic acids is 2. The van der Waals surface area contributed by atoms with Gasteiger partial charge in [-0.1, -0.05) is 60.7 Å². The van der Waals surface area contributed by atoms with Crippen LogP contribution in [-0.2, 0) is 22.7 Å². The maximum absolute atomic E-state index is 12.6. The topological polar surface area (TPSA) is 61.4 Å². The molecule has 140 valence electrons. The lowest BCUT2D eigenvalue weighted by Gasteiger charge is -2.47. The van der Waals surface area contributed by atoms with Crippen molar-refractivity contribution in [3.05, 3.63) is 71.8 Å². The first-order valence-corrected chi connectivity index (χ1v) is 9.65. The van der Waals surface area contributed by atoms with Crippen molar-refractivity contribution in [2.75, 3.05) is 0 Å². The number of benzene rings is 2. The zero-order valence-electron chi connectivity index (χ0n) is 15.3. The molecule has 0 aromatic heterocycles. The van der Waals surface area contributed by atoms with Gasteiger partial charge in [-0.3, -0.25) is 9.59 Å². The Morgan fingerprint density at radius 2 is 1.59 bits per heavy atom. The largest absolute Gasteiger partial charge is 0.341 e. The van der Waals surface area contributed by atoms with Gasteiger partial charge in [-0.2, -0.15) is 0 Å². The van der Waals surface area contributed by atoms with Crippen molar-refractivity contribution in [2.45, 2.75) is 50.5 Å². The van der Waals surface area contributed by atoms with Gasteiger partial charge in [-0.05, 0) is 30.4 Å². The molecule has 27 heavy (non-hydrogen) atoms. The van der Waals surface area contributed by atoms with Gasteiger partial charge in [-0.25, -0.2) is 0 Å². The quantitative estimate of drug-likeness (QED) is 0.801. The molecule has 0 unspecified atom stereocenters. The SMILES string of the molecule is O=C1N[C@H]2[C@H](NCc3ccccc3)CCC[C@@H]2N(Cc2ccccc2)C1=O. The molecule has 2 aliphatic rings. The second kappa shape index (κ2) is 7.92. The molecular weight excluding hydrogens is 338 g/mol. The number of amides is 2. The Morgan fingerprint density at radius 3 is 2.30 bits per heavy atom. The smallest absolute Gasteiger partial charge is 0.312 e. The van der Waals surface area contributed by atoms with Crippen LogP contribution in [0.15, 0.2) is 60.7 Å². The third-order valence-corrected chi connectivity index (χ3v) is 5.62. The molecule has 2 aromatic rings. The van der Waals surface area contributed by atoms with E-state index < -0.39 is 11.8 Å². The zero-order chi connectivity index (χ0) is 18.6. The zero-order valence-corrected chi connectivity index (χ0v) is 15.3. The van der Waals surface area contributed by atoms with Crippen LogP contribution in [0.4, 0.5) is 0 Å². The Balaban J connectivity index is 1.50. The molecule has 1 aliphatic heterocycles. The lowest BCUT2D eigenvalue weighted by molar-refractivity contribution is -0.154. The van der Waals surface area contributed by atoms with Crippen LogP contribution in [0, 0.1) is 0 Å². The summed E-state index contributed by atoms with van der Waals surface area (Å²) in [6.07, 6.45) is 2.97. The second-order valence-corrected chi connectivity index (χ2v) is 7.39. The molecule has 2 N–H and O–H groups in total. The highest BCUT2D eigenvalue weighted by Gasteiger charge is 2.45. The van der Waals surface area contributed by atoms with Gasteiger partial charge in [-0.15, -0.1) is 0 Å². The van der Waals surface area contributed by atoms with Crippen LogP contribution in [0.25, 0.3) is 0 Å². The minimum absolute atomic E-state index is 0.0393. The van der Waals surface area contributed by atoms with E-state index in [4.69, 9.17) is 0 Å². The summed E-state index contributed by atoms with van der Waals surface area (Å²) in [4.78, 5) is 26.7. The van der Waals surface area contributed by atoms with E-state index in [1.807, 2.05) is 48.5 Å². The Labute approximate surface area is 159 Å². The molecule has 5 nitrogen and oxygen atoms in total. The second-order valence-electron chi connectivity index (χ2n) is 7.39. The Hall–Kier alpha value is -2.66. The molecule has 2 aromatic carbocycles. The van der Waals surface area contributed by atoms with E-state index in [1.54, 1.807) is 4.90 Å². The predicted octanol–water partition coefficient (Wildman–Crippen LogP) is 2.22. The van der Waals surface area contributed by atoms with Gasteiger partial charge in [0.25, 0.3) is 0 Å². The summed E-state index contributed by atoms with van der Waals surface area (Å²) in [5, 5.41) is 6.58. The molecule has 1 aliphatic carbocycles. The first-order chi connectivity index (χ1) is 13.2. The third kappa shape index (κ3) is 3.88. The number of rotatable bonds is 5. The first-order valence-electron chi connectivity index (χ1n) is 9.65. The van der Waals surface area contributed by atoms with Crippen LogP contribution in [0.1, 0.15) is 30.4 Å². The Morgan fingerprint density at radius 1 is 0.926 bits per heavy atom. The van der Waals surface area contributed by atoms with Crippen molar-refractivity contribution < 1.29 is 9.59 Å². The van der Waals surface area contributed by atoms with Gasteiger partial charge in [0, 0.05) is 19.1 Å². The van der Waals surface area contributed by atoms with E-state index in [9.17, 15) is 9.59 Å². The van der Waals surface area contributed by atoms with E-state index >= 15 is 0 Å². The predicted molar refractivity (Wildman–Crippen MR) is 104 cm³/mol. The molecule has 3 atom stereocenters. The average Bonchev–Trinajstić information content (AvgIpc) is 2.71. The van der Waals surface area contributed by atoms with Crippen molar-refractivity contribution in [3.63, 3.8) is 0 Å². The van der Waals surface area contributed by atoms with Crippen LogP contribution in [0.5, 0.6) is 0 Å². The Bertz CT molecular complexity index is 794. The van der Waals surface area contributed by atoms with Crippen LogP contribution in [0.3, 0.4) is 0 Å². The normalized spacial score (nSPS) is 25.0. The lowest BCUT2D eigenvalue weighted by atomic mass is 9.83. The summed E-state index contributed by atoms with van der Waals surface area (Å²) in [6, 6.07) is 20.3. The number of carbonyl (C=O) groups is 2. The molecule has 1 saturated carbocycles. The number of piperazine rings is 1. The van der Waals surface area contributed by atoms with E-state index in [-0.39, 0.29) is 18.1 Å². The van der Waals surface area contributed by atoms with E-state index in [0.717, 1.165) is 31.4 Å². The molecule has 5 heteroatoms. The molecular formula is C22H25N3O2. The number of fused-ring (bicyclic) bond motifs is 1. The van der Waals surface area contributed by atoms with Crippen LogP contribution in [0.2, 0.25) is 0 Å². The van der Waals surface area contributed by atoms with Crippen LogP contribution < -0.4 is 10.6 Å². The number of hydrogen-bond donors (Lipinski definition) is 2. The van der Waals surface area contributed by atoms with E-state index in [0.29, 0.717) is 6.54 Å². The molecule has 0 spiro atoms. The minimum atomic E-state index is -0.486. The summed E-state index contributed by atoms with van der Waals surface area (Å²) in [6.45, 7) is 1.25. The summed E-state index contributed by atoms with van der Waals surface area (Å²) < 4.78 is 0. The monoisotopic (exact) mass is 363 g/mol. The van der Waals surface area contributed by atoms with Crippen molar-refractivity contribution in [3.8, 4) is 0 Å². The fraction of sp³-hybridized carbons (Fsp3) is 0.364. The van der Waals surface area contributed by atoms with E-state index in [2.05, 4.69) is 22.8 Å². The third-order valence-electron chi connectivity index (χ3n) is 5.62. The summed E-state index contributed by atoms with van der Waals surface area (Å²) in [7, 11) is 0.